The van der Waals surface area contributed by atoms with E-state index in [4.69, 9.17) is 14.4 Å². The van der Waals surface area contributed by atoms with Gasteiger partial charge in [0, 0.05) is 19.7 Å². The topological polar surface area (TPSA) is 206 Å². The summed E-state index contributed by atoms with van der Waals surface area (Å²) in [6.45, 7) is 10.5. The molecule has 1 amide bonds. The van der Waals surface area contributed by atoms with Gasteiger partial charge in [-0.05, 0) is 87.4 Å². The van der Waals surface area contributed by atoms with Crippen LogP contribution in [0.1, 0.15) is 92.4 Å². The molecule has 49 heavy (non-hydrogen) atoms. The number of rotatable bonds is 15. The number of nitrogens with one attached hydrogen (secondary N) is 5. The largest absolute Gasteiger partial charge is 0.379 e. The van der Waals surface area contributed by atoms with Crippen LogP contribution in [-0.4, -0.2) is 104 Å². The molecule has 0 radical (unpaired) electrons. The second-order valence-corrected chi connectivity index (χ2v) is 17.0. The van der Waals surface area contributed by atoms with E-state index < -0.39 is 41.0 Å². The summed E-state index contributed by atoms with van der Waals surface area (Å²) in [6.07, 6.45) is 6.92. The van der Waals surface area contributed by atoms with E-state index in [0.29, 0.717) is 35.5 Å². The van der Waals surface area contributed by atoms with Crippen molar-refractivity contribution >= 4 is 22.3 Å². The van der Waals surface area contributed by atoms with Crippen LogP contribution in [0.25, 0.3) is 0 Å². The minimum absolute atomic E-state index is 0.000606. The summed E-state index contributed by atoms with van der Waals surface area (Å²) >= 11 is 0. The van der Waals surface area contributed by atoms with Gasteiger partial charge in [-0.15, -0.1) is 0 Å². The number of ketones is 1. The number of amides is 1. The van der Waals surface area contributed by atoms with Crippen LogP contribution in [0.5, 0.6) is 0 Å². The Morgan fingerprint density at radius 1 is 0.980 bits per heavy atom. The minimum Gasteiger partial charge on any atom is -0.379 e. The van der Waals surface area contributed by atoms with Crippen LogP contribution in [0.2, 0.25) is 0 Å². The molecule has 0 aromatic carbocycles. The van der Waals surface area contributed by atoms with Crippen molar-refractivity contribution in [1.82, 2.24) is 31.5 Å². The van der Waals surface area contributed by atoms with E-state index in [2.05, 4.69) is 59.4 Å². The number of Topliss-reactive ketones (excluding diaryl/α,β-unsaturated/α-hetero) is 1. The van der Waals surface area contributed by atoms with E-state index in [9.17, 15) is 23.1 Å². The number of ether oxygens (including phenoxy) is 1. The lowest BCUT2D eigenvalue weighted by molar-refractivity contribution is -0.137. The zero-order chi connectivity index (χ0) is 35.9. The summed E-state index contributed by atoms with van der Waals surface area (Å²) < 4.78 is 36.8. The fraction of sp³-hybridized carbons (Fsp3) is 0.939. The van der Waals surface area contributed by atoms with Gasteiger partial charge in [0.2, 0.25) is 12.6 Å². The van der Waals surface area contributed by atoms with Gasteiger partial charge >= 0.3 is 0 Å². The van der Waals surface area contributed by atoms with Crippen molar-refractivity contribution in [3.63, 3.8) is 0 Å². The lowest BCUT2D eigenvalue weighted by atomic mass is 9.66. The van der Waals surface area contributed by atoms with Gasteiger partial charge in [-0.25, -0.2) is 0 Å². The summed E-state index contributed by atoms with van der Waals surface area (Å²) in [7, 11) is -2.42. The van der Waals surface area contributed by atoms with Crippen molar-refractivity contribution in [2.24, 2.45) is 45.7 Å². The number of carbonyl (C=O) groups excluding carboxylic acids is 2. The molecule has 0 bridgehead atoms. The van der Waals surface area contributed by atoms with Crippen LogP contribution < -0.4 is 26.6 Å². The average molecular weight is 715 g/mol. The molecule has 282 valence electrons. The van der Waals surface area contributed by atoms with Gasteiger partial charge in [0.25, 0.3) is 10.1 Å². The number of aliphatic hydroxyl groups is 1. The first-order valence-corrected chi connectivity index (χ1v) is 19.9. The Kier molecular flexibility index (Phi) is 14.9. The van der Waals surface area contributed by atoms with Gasteiger partial charge in [0.1, 0.15) is 12.6 Å². The molecule has 10 atom stereocenters. The zero-order valence-electron chi connectivity index (χ0n) is 30.1. The summed E-state index contributed by atoms with van der Waals surface area (Å²) in [5, 5.41) is 35.4. The predicted molar refractivity (Wildman–Crippen MR) is 185 cm³/mol. The molecule has 7 N–H and O–H groups in total. The van der Waals surface area contributed by atoms with Gasteiger partial charge in [-0.3, -0.25) is 40.7 Å². The number of aliphatic hydroxyl groups excluding tert-OH is 1. The predicted octanol–water partition coefficient (Wildman–Crippen LogP) is 1.95. The zero-order valence-corrected chi connectivity index (χ0v) is 30.9. The maximum atomic E-state index is 12.7. The van der Waals surface area contributed by atoms with E-state index in [1.807, 2.05) is 0 Å². The molecule has 0 spiro atoms. The Bertz CT molecular complexity index is 1190. The van der Waals surface area contributed by atoms with Crippen LogP contribution in [0.4, 0.5) is 0 Å². The Hall–Kier alpha value is -1.63. The highest BCUT2D eigenvalue weighted by Gasteiger charge is 2.40. The average Bonchev–Trinajstić information content (AvgIpc) is 3.01. The number of methoxy groups -OCH3 is 1. The van der Waals surface area contributed by atoms with Gasteiger partial charge in [0.05, 0.1) is 23.9 Å². The van der Waals surface area contributed by atoms with Crippen molar-refractivity contribution in [1.29, 1.82) is 0 Å². The molecule has 1 heterocycles. The molecule has 15 nitrogen and oxygen atoms in total. The molecule has 1 saturated heterocycles. The van der Waals surface area contributed by atoms with Crippen LogP contribution in [-0.2, 0) is 24.4 Å². The number of nitrogens with zero attached hydrogens (tertiary/aromatic N) is 3. The third-order valence-electron chi connectivity index (χ3n) is 11.4. The lowest BCUT2D eigenvalue weighted by Gasteiger charge is -2.45. The molecular weight excluding hydrogens is 652 g/mol. The molecule has 0 aromatic heterocycles. The lowest BCUT2D eigenvalue weighted by Crippen LogP contribution is -2.76. The Labute approximate surface area is 292 Å². The molecular formula is C33H62N8O7S. The SMILES string of the molecule is COC1CCCCC1N(C=O)C(N=NC1C(C)CC(CC2CC(C)C(NC3NC(O)NC(NCCS(=O)(=O)O)N3)C(C)C2)CC1C)C(C)=O. The normalized spacial score (nSPS) is 39.8. The van der Waals surface area contributed by atoms with Crippen molar-refractivity contribution in [3.05, 3.63) is 0 Å². The van der Waals surface area contributed by atoms with E-state index in [1.54, 1.807) is 7.11 Å². The van der Waals surface area contributed by atoms with Crippen LogP contribution >= 0.6 is 0 Å². The highest BCUT2D eigenvalue weighted by molar-refractivity contribution is 7.85. The van der Waals surface area contributed by atoms with Gasteiger partial charge in [-0.1, -0.05) is 40.5 Å². The number of hydrogen-bond acceptors (Lipinski definition) is 13. The van der Waals surface area contributed by atoms with E-state index in [-0.39, 0.29) is 36.6 Å². The Balaban J connectivity index is 1.28. The Morgan fingerprint density at radius 2 is 1.57 bits per heavy atom. The fourth-order valence-corrected chi connectivity index (χ4v) is 9.64. The number of hydrogen-bond donors (Lipinski definition) is 7. The molecule has 4 rings (SSSR count). The second kappa shape index (κ2) is 18.2. The number of azo groups is 1. The molecule has 1 aliphatic heterocycles. The molecule has 16 heteroatoms. The third kappa shape index (κ3) is 11.4. The van der Waals surface area contributed by atoms with E-state index >= 15 is 0 Å². The van der Waals surface area contributed by atoms with Gasteiger partial charge in [-0.2, -0.15) is 18.6 Å². The molecule has 4 aliphatic rings. The molecule has 3 saturated carbocycles. The van der Waals surface area contributed by atoms with Crippen LogP contribution in [0.15, 0.2) is 10.2 Å². The molecule has 10 unspecified atom stereocenters. The maximum Gasteiger partial charge on any atom is 0.266 e. The summed E-state index contributed by atoms with van der Waals surface area (Å²) in [4.78, 5) is 26.5. The first-order valence-electron chi connectivity index (χ1n) is 18.3. The van der Waals surface area contributed by atoms with Crippen molar-refractivity contribution in [2.75, 3.05) is 19.4 Å². The summed E-state index contributed by atoms with van der Waals surface area (Å²) in [5.41, 5.74) is 0. The minimum atomic E-state index is -4.08. The first-order chi connectivity index (χ1) is 23.2. The summed E-state index contributed by atoms with van der Waals surface area (Å²) in [6, 6.07) is 0.0376. The summed E-state index contributed by atoms with van der Waals surface area (Å²) in [5.74, 6) is 2.01. The quantitative estimate of drug-likeness (QED) is 0.0739. The third-order valence-corrected chi connectivity index (χ3v) is 12.1. The molecule has 4 fully saturated rings. The molecule has 0 aromatic rings. The number of carbonyl (C=O) groups is 2. The monoisotopic (exact) mass is 714 g/mol. The first kappa shape index (κ1) is 40.1. The van der Waals surface area contributed by atoms with E-state index in [1.165, 1.54) is 11.8 Å². The van der Waals surface area contributed by atoms with E-state index in [0.717, 1.165) is 64.2 Å². The van der Waals surface area contributed by atoms with Crippen LogP contribution in [0.3, 0.4) is 0 Å². The van der Waals surface area contributed by atoms with Crippen LogP contribution in [0, 0.1) is 35.5 Å². The highest BCUT2D eigenvalue weighted by atomic mass is 32.2. The fourth-order valence-electron chi connectivity index (χ4n) is 9.27. The highest BCUT2D eigenvalue weighted by Crippen LogP contribution is 2.43. The molecule has 3 aliphatic carbocycles. The van der Waals surface area contributed by atoms with Gasteiger partial charge in [0.15, 0.2) is 12.1 Å². The maximum absolute atomic E-state index is 12.7. The second-order valence-electron chi connectivity index (χ2n) is 15.4. The van der Waals surface area contributed by atoms with Crippen molar-refractivity contribution in [2.45, 2.75) is 142 Å². The van der Waals surface area contributed by atoms with Crippen molar-refractivity contribution in [3.8, 4) is 0 Å². The smallest absolute Gasteiger partial charge is 0.266 e. The Morgan fingerprint density at radius 3 is 2.14 bits per heavy atom. The van der Waals surface area contributed by atoms with Crippen molar-refractivity contribution < 1.29 is 32.4 Å². The van der Waals surface area contributed by atoms with Gasteiger partial charge < -0.3 is 14.7 Å². The standard InChI is InChI=1S/C33H62N8O7S/c1-19-13-24(14-20(2)28(19)35-32-36-31(37-33(44)38-32)34-11-12-49(45,46)47)17-25-15-21(3)29(22(4)16-25)39-40-30(23(5)43)41(18-42)26-9-7-8-10-27(26)48-6/h18-22,24-38,44H,7-17H2,1-6H3,(H,45,46,47).